The normalized spacial score (nSPS) is 32.6. The Morgan fingerprint density at radius 1 is 1.11 bits per heavy atom. The monoisotopic (exact) mass is 277 g/mol. The van der Waals surface area contributed by atoms with Crippen molar-refractivity contribution in [1.82, 2.24) is 4.90 Å². The van der Waals surface area contributed by atoms with E-state index in [0.29, 0.717) is 12.0 Å². The van der Waals surface area contributed by atoms with Gasteiger partial charge in [0.15, 0.2) is 0 Å². The van der Waals surface area contributed by atoms with Gasteiger partial charge in [-0.15, -0.1) is 0 Å². The molecule has 1 aromatic carbocycles. The number of likely N-dealkylation sites (tertiary alicyclic amines) is 1. The second-order valence-corrected chi connectivity index (χ2v) is 7.59. The molecule has 3 rings (SSSR count). The Hall–Kier alpha value is -0.670. The average Bonchev–Trinajstić information content (AvgIpc) is 2.86. The fraction of sp³-hybridized carbons (Fsp3) is 0.625. The van der Waals surface area contributed by atoms with E-state index in [-0.39, 0.29) is 0 Å². The van der Waals surface area contributed by atoms with Crippen molar-refractivity contribution >= 4 is 10.8 Å². The van der Waals surface area contributed by atoms with Gasteiger partial charge in [-0.2, -0.15) is 0 Å². The second-order valence-electron chi connectivity index (χ2n) is 5.89. The Morgan fingerprint density at radius 2 is 1.79 bits per heavy atom. The lowest BCUT2D eigenvalue weighted by Crippen LogP contribution is -2.22. The lowest BCUT2D eigenvalue weighted by atomic mass is 9.86. The van der Waals surface area contributed by atoms with Gasteiger partial charge in [-0.05, 0) is 56.3 Å². The van der Waals surface area contributed by atoms with Crippen molar-refractivity contribution in [2.24, 2.45) is 0 Å². The third-order valence-corrected chi connectivity index (χ3v) is 6.09. The summed E-state index contributed by atoms with van der Waals surface area (Å²) in [6.45, 7) is 1.22. The molecule has 2 aliphatic rings. The van der Waals surface area contributed by atoms with Crippen molar-refractivity contribution in [2.45, 2.75) is 37.6 Å². The van der Waals surface area contributed by atoms with Gasteiger partial charge in [-0.3, -0.25) is 9.11 Å². The summed E-state index contributed by atoms with van der Waals surface area (Å²) in [5, 5.41) is 0. The van der Waals surface area contributed by atoms with Crippen molar-refractivity contribution < 1.29 is 4.21 Å². The molecule has 2 nitrogen and oxygen atoms in total. The molecule has 0 aromatic heterocycles. The molecule has 19 heavy (non-hydrogen) atoms. The molecule has 0 bridgehead atoms. The van der Waals surface area contributed by atoms with E-state index >= 15 is 0 Å². The van der Waals surface area contributed by atoms with Gasteiger partial charge >= 0.3 is 0 Å². The van der Waals surface area contributed by atoms with E-state index < -0.39 is 10.8 Å². The Morgan fingerprint density at radius 3 is 2.42 bits per heavy atom. The van der Waals surface area contributed by atoms with Gasteiger partial charge in [0.05, 0.1) is 0 Å². The highest BCUT2D eigenvalue weighted by Gasteiger charge is 2.28. The Balaban J connectivity index is 1.87. The van der Waals surface area contributed by atoms with Crippen molar-refractivity contribution in [1.29, 1.82) is 0 Å². The smallest absolute Gasteiger partial charge is 0.0348 e. The molecule has 104 valence electrons. The molecule has 0 N–H and O–H groups in total. The van der Waals surface area contributed by atoms with Crippen LogP contribution in [-0.4, -0.2) is 34.2 Å². The van der Waals surface area contributed by atoms with Gasteiger partial charge in [0, 0.05) is 28.3 Å². The molecular formula is C16H23NOS. The first-order chi connectivity index (χ1) is 9.25. The number of nitrogens with zero attached hydrogens (tertiary/aromatic N) is 1. The summed E-state index contributed by atoms with van der Waals surface area (Å²) in [6, 6.07) is 9.56. The zero-order valence-corrected chi connectivity index (χ0v) is 12.5. The molecule has 2 fully saturated rings. The highest BCUT2D eigenvalue weighted by Crippen LogP contribution is 2.38. The summed E-state index contributed by atoms with van der Waals surface area (Å²) in [4.78, 5) is 2.49. The maximum Gasteiger partial charge on any atom is 0.0348 e. The Kier molecular flexibility index (Phi) is 4.04. The van der Waals surface area contributed by atoms with Crippen molar-refractivity contribution in [3.05, 3.63) is 35.4 Å². The summed E-state index contributed by atoms with van der Waals surface area (Å²) < 4.78 is 11.5. The van der Waals surface area contributed by atoms with Crippen LogP contribution in [0.3, 0.4) is 0 Å². The molecule has 1 aromatic rings. The minimum atomic E-state index is -0.561. The Bertz CT molecular complexity index is 464. The minimum absolute atomic E-state index is 0.561. The molecule has 0 unspecified atom stereocenters. The lowest BCUT2D eigenvalue weighted by Gasteiger charge is -2.28. The predicted octanol–water partition coefficient (Wildman–Crippen LogP) is 3.08. The van der Waals surface area contributed by atoms with E-state index in [2.05, 4.69) is 36.2 Å². The standard InChI is InChI=1S/C16H23NOS/c1-17-10-4-7-16(17)15-6-3-2-5-14(15)13-8-11-19(18)12-9-13/h2-3,5-6,13,16H,4,7-12H2,1H3/t13?,16-,19?/m1/s1. The van der Waals surface area contributed by atoms with E-state index in [1.54, 1.807) is 0 Å². The van der Waals surface area contributed by atoms with Crippen LogP contribution in [0.5, 0.6) is 0 Å². The van der Waals surface area contributed by atoms with Crippen molar-refractivity contribution in [3.8, 4) is 0 Å². The van der Waals surface area contributed by atoms with Crippen LogP contribution in [0, 0.1) is 0 Å². The second kappa shape index (κ2) is 5.76. The van der Waals surface area contributed by atoms with E-state index in [1.807, 2.05) is 0 Å². The quantitative estimate of drug-likeness (QED) is 0.828. The highest BCUT2D eigenvalue weighted by molar-refractivity contribution is 7.85. The summed E-state index contributed by atoms with van der Waals surface area (Å²) in [5.74, 6) is 2.40. The molecule has 2 aliphatic heterocycles. The first kappa shape index (κ1) is 13.3. The van der Waals surface area contributed by atoms with E-state index in [1.165, 1.54) is 30.5 Å². The van der Waals surface area contributed by atoms with Gasteiger partial charge in [-0.1, -0.05) is 24.3 Å². The van der Waals surface area contributed by atoms with Crippen molar-refractivity contribution in [2.75, 3.05) is 25.1 Å². The molecular weight excluding hydrogens is 254 g/mol. The maximum atomic E-state index is 11.5. The van der Waals surface area contributed by atoms with E-state index in [9.17, 15) is 4.21 Å². The summed E-state index contributed by atoms with van der Waals surface area (Å²) >= 11 is 0. The molecule has 0 radical (unpaired) electrons. The minimum Gasteiger partial charge on any atom is -0.299 e. The fourth-order valence-electron chi connectivity index (χ4n) is 3.59. The van der Waals surface area contributed by atoms with Gasteiger partial charge < -0.3 is 0 Å². The fourth-order valence-corrected chi connectivity index (χ4v) is 4.89. The topological polar surface area (TPSA) is 20.3 Å². The first-order valence-electron chi connectivity index (χ1n) is 7.40. The van der Waals surface area contributed by atoms with Crippen LogP contribution in [-0.2, 0) is 10.8 Å². The lowest BCUT2D eigenvalue weighted by molar-refractivity contribution is 0.314. The maximum absolute atomic E-state index is 11.5. The molecule has 0 aliphatic carbocycles. The number of rotatable bonds is 2. The third kappa shape index (κ3) is 2.77. The van der Waals surface area contributed by atoms with Crippen LogP contribution >= 0.6 is 0 Å². The molecule has 2 saturated heterocycles. The van der Waals surface area contributed by atoms with Gasteiger partial charge in [0.2, 0.25) is 0 Å². The van der Waals surface area contributed by atoms with Crippen LogP contribution in [0.1, 0.15) is 48.8 Å². The highest BCUT2D eigenvalue weighted by atomic mass is 32.2. The first-order valence-corrected chi connectivity index (χ1v) is 8.88. The van der Waals surface area contributed by atoms with Gasteiger partial charge in [-0.25, -0.2) is 0 Å². The van der Waals surface area contributed by atoms with Crippen LogP contribution in [0.4, 0.5) is 0 Å². The van der Waals surface area contributed by atoms with Gasteiger partial charge in [0.1, 0.15) is 0 Å². The Labute approximate surface area is 118 Å². The zero-order valence-electron chi connectivity index (χ0n) is 11.7. The van der Waals surface area contributed by atoms with E-state index in [0.717, 1.165) is 24.3 Å². The van der Waals surface area contributed by atoms with E-state index in [4.69, 9.17) is 0 Å². The van der Waals surface area contributed by atoms with Crippen LogP contribution < -0.4 is 0 Å². The summed E-state index contributed by atoms with van der Waals surface area (Å²) in [5.41, 5.74) is 3.05. The largest absolute Gasteiger partial charge is 0.299 e. The van der Waals surface area contributed by atoms with Crippen LogP contribution in [0.25, 0.3) is 0 Å². The summed E-state index contributed by atoms with van der Waals surface area (Å²) in [6.07, 6.45) is 4.79. The van der Waals surface area contributed by atoms with Crippen molar-refractivity contribution in [3.63, 3.8) is 0 Å². The molecule has 3 heteroatoms. The average molecular weight is 277 g/mol. The molecule has 0 spiro atoms. The zero-order chi connectivity index (χ0) is 13.2. The molecule has 0 amide bonds. The predicted molar refractivity (Wildman–Crippen MR) is 80.9 cm³/mol. The van der Waals surface area contributed by atoms with Crippen LogP contribution in [0.2, 0.25) is 0 Å². The number of benzene rings is 1. The number of hydrogen-bond donors (Lipinski definition) is 0. The molecule has 0 saturated carbocycles. The summed E-state index contributed by atoms with van der Waals surface area (Å²) in [7, 11) is 1.68. The van der Waals surface area contributed by atoms with Gasteiger partial charge in [0.25, 0.3) is 0 Å². The SMILES string of the molecule is CN1CCC[C@@H]1c1ccccc1C1CCS(=O)CC1. The van der Waals surface area contributed by atoms with Crippen LogP contribution in [0.15, 0.2) is 24.3 Å². The number of hydrogen-bond acceptors (Lipinski definition) is 2. The molecule has 1 atom stereocenters. The third-order valence-electron chi connectivity index (χ3n) is 4.70. The molecule has 2 heterocycles.